The van der Waals surface area contributed by atoms with Gasteiger partial charge in [-0.3, -0.25) is 9.80 Å². The zero-order valence-electron chi connectivity index (χ0n) is 9.32. The van der Waals surface area contributed by atoms with Crippen molar-refractivity contribution in [3.8, 4) is 0 Å². The van der Waals surface area contributed by atoms with Gasteiger partial charge in [0, 0.05) is 25.2 Å². The molecule has 2 heterocycles. The fraction of sp³-hybridized carbons (Fsp3) is 1.00. The van der Waals surface area contributed by atoms with Crippen molar-refractivity contribution < 1.29 is 5.11 Å². The molecular formula is C11H22N2O. The van der Waals surface area contributed by atoms with Crippen LogP contribution in [0.1, 0.15) is 26.2 Å². The van der Waals surface area contributed by atoms with E-state index in [2.05, 4.69) is 16.8 Å². The molecule has 14 heavy (non-hydrogen) atoms. The summed E-state index contributed by atoms with van der Waals surface area (Å²) in [5.41, 5.74) is 0. The molecule has 2 rings (SSSR count). The molecule has 2 fully saturated rings. The van der Waals surface area contributed by atoms with E-state index < -0.39 is 0 Å². The van der Waals surface area contributed by atoms with Gasteiger partial charge in [-0.1, -0.05) is 0 Å². The van der Waals surface area contributed by atoms with Gasteiger partial charge in [-0.25, -0.2) is 0 Å². The molecule has 1 N–H and O–H groups in total. The average molecular weight is 198 g/mol. The monoisotopic (exact) mass is 198 g/mol. The van der Waals surface area contributed by atoms with Gasteiger partial charge in [-0.05, 0) is 39.8 Å². The topological polar surface area (TPSA) is 26.7 Å². The standard InChI is InChI=1S/C11H22N2O/c1-9(14)7-13-6-5-10-3-4-11(8-13)12(10)2/h9-11,14H,3-8H2,1-2H3/t9-,10?,11?/m0/s1. The predicted molar refractivity (Wildman–Crippen MR) is 57.3 cm³/mol. The third-order valence-corrected chi connectivity index (χ3v) is 3.75. The van der Waals surface area contributed by atoms with Gasteiger partial charge in [0.1, 0.15) is 0 Å². The van der Waals surface area contributed by atoms with Crippen molar-refractivity contribution in [2.24, 2.45) is 0 Å². The number of likely N-dealkylation sites (N-methyl/N-ethyl adjacent to an activating group) is 1. The molecule has 3 nitrogen and oxygen atoms in total. The van der Waals surface area contributed by atoms with Crippen LogP contribution in [0.25, 0.3) is 0 Å². The molecule has 0 spiro atoms. The number of hydrogen-bond donors (Lipinski definition) is 1. The average Bonchev–Trinajstić information content (AvgIpc) is 2.33. The molecule has 0 aromatic carbocycles. The summed E-state index contributed by atoms with van der Waals surface area (Å²) >= 11 is 0. The zero-order valence-corrected chi connectivity index (χ0v) is 9.32. The Hall–Kier alpha value is -0.120. The maximum atomic E-state index is 9.38. The molecule has 0 aromatic heterocycles. The van der Waals surface area contributed by atoms with Crippen LogP contribution >= 0.6 is 0 Å². The van der Waals surface area contributed by atoms with Crippen LogP contribution in [0, 0.1) is 0 Å². The molecule has 3 heteroatoms. The third-order valence-electron chi connectivity index (χ3n) is 3.75. The molecule has 2 saturated heterocycles. The fourth-order valence-electron chi connectivity index (χ4n) is 2.92. The third kappa shape index (κ3) is 2.10. The number of fused-ring (bicyclic) bond motifs is 2. The Kier molecular flexibility index (Phi) is 3.10. The molecule has 0 amide bonds. The van der Waals surface area contributed by atoms with E-state index in [4.69, 9.17) is 0 Å². The minimum Gasteiger partial charge on any atom is -0.392 e. The highest BCUT2D eigenvalue weighted by atomic mass is 16.3. The number of nitrogens with zero attached hydrogens (tertiary/aromatic N) is 2. The SMILES string of the molecule is C[C@H](O)CN1CCC2CCC(C1)N2C. The lowest BCUT2D eigenvalue weighted by molar-refractivity contribution is 0.119. The largest absolute Gasteiger partial charge is 0.392 e. The quantitative estimate of drug-likeness (QED) is 0.701. The van der Waals surface area contributed by atoms with E-state index in [1.165, 1.54) is 19.3 Å². The van der Waals surface area contributed by atoms with Crippen molar-refractivity contribution >= 4 is 0 Å². The van der Waals surface area contributed by atoms with Crippen LogP contribution in [0.3, 0.4) is 0 Å². The van der Waals surface area contributed by atoms with Crippen LogP contribution in [0.5, 0.6) is 0 Å². The number of β-amino-alcohol motifs (C(OH)–C–C–N with tert-alkyl or cyclic N) is 1. The van der Waals surface area contributed by atoms with E-state index in [-0.39, 0.29) is 6.10 Å². The summed E-state index contributed by atoms with van der Waals surface area (Å²) in [4.78, 5) is 4.97. The molecule has 0 aliphatic carbocycles. The Morgan fingerprint density at radius 2 is 2.00 bits per heavy atom. The number of aliphatic hydroxyl groups is 1. The smallest absolute Gasteiger partial charge is 0.0639 e. The maximum absolute atomic E-state index is 9.38. The Morgan fingerprint density at radius 1 is 1.29 bits per heavy atom. The van der Waals surface area contributed by atoms with Crippen LogP contribution in [0.15, 0.2) is 0 Å². The first-order valence-electron chi connectivity index (χ1n) is 5.79. The normalized spacial score (nSPS) is 37.1. The van der Waals surface area contributed by atoms with Crippen LogP contribution in [0.2, 0.25) is 0 Å². The summed E-state index contributed by atoms with van der Waals surface area (Å²) in [7, 11) is 2.26. The van der Waals surface area contributed by atoms with Crippen LogP contribution in [-0.2, 0) is 0 Å². The molecule has 3 atom stereocenters. The summed E-state index contributed by atoms with van der Waals surface area (Å²) in [6.45, 7) is 5.04. The Morgan fingerprint density at radius 3 is 2.71 bits per heavy atom. The van der Waals surface area contributed by atoms with E-state index in [9.17, 15) is 5.11 Å². The van der Waals surface area contributed by atoms with E-state index in [0.717, 1.165) is 31.7 Å². The first-order valence-corrected chi connectivity index (χ1v) is 5.79. The highest BCUT2D eigenvalue weighted by Crippen LogP contribution is 2.28. The maximum Gasteiger partial charge on any atom is 0.0639 e. The predicted octanol–water partition coefficient (Wildman–Crippen LogP) is 0.536. The summed E-state index contributed by atoms with van der Waals surface area (Å²) in [6, 6.07) is 1.54. The van der Waals surface area contributed by atoms with Gasteiger partial charge in [0.2, 0.25) is 0 Å². The van der Waals surface area contributed by atoms with Crippen LogP contribution < -0.4 is 0 Å². The van der Waals surface area contributed by atoms with Gasteiger partial charge in [0.15, 0.2) is 0 Å². The first kappa shape index (κ1) is 10.4. The first-order chi connectivity index (χ1) is 6.66. The van der Waals surface area contributed by atoms with Crippen molar-refractivity contribution in [3.05, 3.63) is 0 Å². The van der Waals surface area contributed by atoms with Gasteiger partial charge >= 0.3 is 0 Å². The molecule has 2 aliphatic rings. The van der Waals surface area contributed by atoms with Crippen molar-refractivity contribution in [1.82, 2.24) is 9.80 Å². The fourth-order valence-corrected chi connectivity index (χ4v) is 2.92. The summed E-state index contributed by atoms with van der Waals surface area (Å²) in [5, 5.41) is 9.38. The summed E-state index contributed by atoms with van der Waals surface area (Å²) < 4.78 is 0. The molecule has 2 bridgehead atoms. The Balaban J connectivity index is 1.93. The lowest BCUT2D eigenvalue weighted by Gasteiger charge is -2.26. The molecular weight excluding hydrogens is 176 g/mol. The minimum atomic E-state index is -0.183. The lowest BCUT2D eigenvalue weighted by Crippen LogP contribution is -2.39. The van der Waals surface area contributed by atoms with E-state index in [1.54, 1.807) is 0 Å². The van der Waals surface area contributed by atoms with Crippen LogP contribution in [-0.4, -0.2) is 59.8 Å². The highest BCUT2D eigenvalue weighted by Gasteiger charge is 2.34. The highest BCUT2D eigenvalue weighted by molar-refractivity contribution is 4.91. The molecule has 0 saturated carbocycles. The van der Waals surface area contributed by atoms with Crippen molar-refractivity contribution in [2.75, 3.05) is 26.7 Å². The van der Waals surface area contributed by atoms with Crippen molar-refractivity contribution in [2.45, 2.75) is 44.4 Å². The number of hydrogen-bond acceptors (Lipinski definition) is 3. The van der Waals surface area contributed by atoms with Crippen molar-refractivity contribution in [1.29, 1.82) is 0 Å². The second-order valence-corrected chi connectivity index (χ2v) is 4.95. The van der Waals surface area contributed by atoms with E-state index in [1.807, 2.05) is 6.92 Å². The lowest BCUT2D eigenvalue weighted by atomic mass is 10.1. The molecule has 2 unspecified atom stereocenters. The Bertz CT molecular complexity index is 196. The Labute approximate surface area is 86.7 Å². The number of rotatable bonds is 2. The summed E-state index contributed by atoms with van der Waals surface area (Å²) in [6.07, 6.45) is 3.82. The number of aliphatic hydroxyl groups excluding tert-OH is 1. The zero-order chi connectivity index (χ0) is 10.1. The van der Waals surface area contributed by atoms with Gasteiger partial charge in [0.05, 0.1) is 6.10 Å². The van der Waals surface area contributed by atoms with E-state index >= 15 is 0 Å². The summed E-state index contributed by atoms with van der Waals surface area (Å²) in [5.74, 6) is 0. The van der Waals surface area contributed by atoms with Gasteiger partial charge in [-0.2, -0.15) is 0 Å². The van der Waals surface area contributed by atoms with Gasteiger partial charge in [-0.15, -0.1) is 0 Å². The molecule has 2 aliphatic heterocycles. The minimum absolute atomic E-state index is 0.183. The van der Waals surface area contributed by atoms with Gasteiger partial charge in [0.25, 0.3) is 0 Å². The van der Waals surface area contributed by atoms with Gasteiger partial charge < -0.3 is 5.11 Å². The molecule has 0 radical (unpaired) electrons. The molecule has 0 aromatic rings. The molecule has 82 valence electrons. The van der Waals surface area contributed by atoms with Crippen molar-refractivity contribution in [3.63, 3.8) is 0 Å². The second kappa shape index (κ2) is 4.17. The van der Waals surface area contributed by atoms with E-state index in [0.29, 0.717) is 0 Å². The number of likely N-dealkylation sites (tertiary alicyclic amines) is 1. The second-order valence-electron chi connectivity index (χ2n) is 4.95. The van der Waals surface area contributed by atoms with Crippen LogP contribution in [0.4, 0.5) is 0 Å².